The largest absolute Gasteiger partial charge is 0.374 e. The average molecular weight is 184 g/mol. The first kappa shape index (κ1) is 7.05. The van der Waals surface area contributed by atoms with E-state index in [4.69, 9.17) is 28.9 Å². The third kappa shape index (κ3) is 1.67. The van der Waals surface area contributed by atoms with Crippen LogP contribution in [0.1, 0.15) is 9.84 Å². The summed E-state index contributed by atoms with van der Waals surface area (Å²) in [6, 6.07) is 0. The summed E-state index contributed by atoms with van der Waals surface area (Å²) in [5.41, 5.74) is 5.24. The number of hydrogen-bond donors (Lipinski definition) is 1. The van der Waals surface area contributed by atoms with Gasteiger partial charge in [0.1, 0.15) is 0 Å². The van der Waals surface area contributed by atoms with Crippen LogP contribution in [0.4, 0.5) is 5.13 Å². The van der Waals surface area contributed by atoms with Crippen molar-refractivity contribution in [2.45, 2.75) is 4.84 Å². The minimum absolute atomic E-state index is 0.385. The van der Waals surface area contributed by atoms with Crippen LogP contribution in [-0.2, 0) is 0 Å². The maximum absolute atomic E-state index is 5.43. The SMILES string of the molecule is Nc1nnc(C(Cl)Cl)s1. The zero-order valence-corrected chi connectivity index (χ0v) is 6.54. The van der Waals surface area contributed by atoms with Gasteiger partial charge in [0.25, 0.3) is 0 Å². The Kier molecular flexibility index (Phi) is 2.10. The normalized spacial score (nSPS) is 10.6. The number of rotatable bonds is 1. The molecule has 50 valence electrons. The molecule has 0 aromatic carbocycles. The van der Waals surface area contributed by atoms with Gasteiger partial charge in [0.05, 0.1) is 0 Å². The molecule has 0 aliphatic rings. The van der Waals surface area contributed by atoms with Gasteiger partial charge < -0.3 is 5.73 Å². The number of alkyl halides is 2. The van der Waals surface area contributed by atoms with Crippen LogP contribution in [0.2, 0.25) is 0 Å². The molecule has 0 aliphatic carbocycles. The van der Waals surface area contributed by atoms with E-state index in [1.54, 1.807) is 0 Å². The summed E-state index contributed by atoms with van der Waals surface area (Å²) in [5, 5.41) is 8.03. The summed E-state index contributed by atoms with van der Waals surface area (Å²) < 4.78 is 0. The highest BCUT2D eigenvalue weighted by atomic mass is 35.5. The summed E-state index contributed by atoms with van der Waals surface area (Å²) in [4.78, 5) is -0.611. The van der Waals surface area contributed by atoms with Gasteiger partial charge in [-0.1, -0.05) is 34.5 Å². The molecule has 0 fully saturated rings. The van der Waals surface area contributed by atoms with Gasteiger partial charge in [-0.3, -0.25) is 0 Å². The average Bonchev–Trinajstić information content (AvgIpc) is 2.14. The van der Waals surface area contributed by atoms with E-state index in [0.29, 0.717) is 10.1 Å². The number of nitrogens with zero attached hydrogens (tertiary/aromatic N) is 2. The lowest BCUT2D eigenvalue weighted by Gasteiger charge is -1.87. The Labute approximate surface area is 65.8 Å². The Morgan fingerprint density at radius 2 is 2.11 bits per heavy atom. The molecule has 0 unspecified atom stereocenters. The molecule has 1 aromatic heterocycles. The molecule has 0 amide bonds. The zero-order valence-electron chi connectivity index (χ0n) is 4.21. The van der Waals surface area contributed by atoms with E-state index >= 15 is 0 Å². The van der Waals surface area contributed by atoms with Crippen molar-refractivity contribution in [3.05, 3.63) is 5.01 Å². The minimum atomic E-state index is -0.611. The minimum Gasteiger partial charge on any atom is -0.374 e. The molecular formula is C3H3Cl2N3S. The van der Waals surface area contributed by atoms with Crippen LogP contribution < -0.4 is 5.73 Å². The first-order valence-corrected chi connectivity index (χ1v) is 3.76. The van der Waals surface area contributed by atoms with Crippen LogP contribution in [-0.4, -0.2) is 10.2 Å². The first-order chi connectivity index (χ1) is 4.20. The summed E-state index contributed by atoms with van der Waals surface area (Å²) in [7, 11) is 0. The first-order valence-electron chi connectivity index (χ1n) is 2.07. The number of nitrogen functional groups attached to an aromatic ring is 1. The molecule has 0 radical (unpaired) electrons. The number of aromatic nitrogens is 2. The molecule has 1 heterocycles. The molecule has 3 nitrogen and oxygen atoms in total. The lowest BCUT2D eigenvalue weighted by molar-refractivity contribution is 1.04. The molecule has 0 saturated carbocycles. The maximum atomic E-state index is 5.43. The molecule has 0 bridgehead atoms. The topological polar surface area (TPSA) is 51.8 Å². The van der Waals surface area contributed by atoms with Crippen LogP contribution in [0.5, 0.6) is 0 Å². The summed E-state index contributed by atoms with van der Waals surface area (Å²) in [6.07, 6.45) is 0. The standard InChI is InChI=1S/C3H3Cl2N3S/c4-1(5)2-7-8-3(6)9-2/h1H,(H2,6,8). The lowest BCUT2D eigenvalue weighted by Crippen LogP contribution is -1.80. The molecule has 1 rings (SSSR count). The Hall–Kier alpha value is -0.0600. The van der Waals surface area contributed by atoms with Gasteiger partial charge in [-0.05, 0) is 0 Å². The fourth-order valence-corrected chi connectivity index (χ4v) is 1.16. The highest BCUT2D eigenvalue weighted by molar-refractivity contribution is 7.15. The van der Waals surface area contributed by atoms with Gasteiger partial charge in [0, 0.05) is 0 Å². The molecule has 0 atom stereocenters. The van der Waals surface area contributed by atoms with Crippen LogP contribution in [0.15, 0.2) is 0 Å². The Balaban J connectivity index is 2.85. The summed E-state index contributed by atoms with van der Waals surface area (Å²) >= 11 is 12.1. The van der Waals surface area contributed by atoms with E-state index < -0.39 is 4.84 Å². The van der Waals surface area contributed by atoms with Crippen LogP contribution in [0.25, 0.3) is 0 Å². The molecule has 1 aromatic rings. The van der Waals surface area contributed by atoms with Gasteiger partial charge in [-0.25, -0.2) is 0 Å². The fourth-order valence-electron chi connectivity index (χ4n) is 0.335. The van der Waals surface area contributed by atoms with E-state index in [1.807, 2.05) is 0 Å². The van der Waals surface area contributed by atoms with Crippen molar-refractivity contribution in [2.24, 2.45) is 0 Å². The summed E-state index contributed by atoms with van der Waals surface area (Å²) in [5.74, 6) is 0. The number of hydrogen-bond acceptors (Lipinski definition) is 4. The molecule has 6 heteroatoms. The highest BCUT2D eigenvalue weighted by Crippen LogP contribution is 2.27. The summed E-state index contributed by atoms with van der Waals surface area (Å²) in [6.45, 7) is 0. The van der Waals surface area contributed by atoms with Crippen LogP contribution >= 0.6 is 34.5 Å². The zero-order chi connectivity index (χ0) is 6.85. The molecule has 0 saturated heterocycles. The van der Waals surface area contributed by atoms with Crippen molar-refractivity contribution in [3.8, 4) is 0 Å². The molecular weight excluding hydrogens is 181 g/mol. The molecule has 0 aliphatic heterocycles. The van der Waals surface area contributed by atoms with Gasteiger partial charge in [-0.15, -0.1) is 10.2 Å². The second-order valence-corrected chi connectivity index (χ2v) is 3.42. The van der Waals surface area contributed by atoms with E-state index in [1.165, 1.54) is 11.3 Å². The Morgan fingerprint density at radius 3 is 2.33 bits per heavy atom. The van der Waals surface area contributed by atoms with Gasteiger partial charge in [-0.2, -0.15) is 0 Å². The predicted molar refractivity (Wildman–Crippen MR) is 38.8 cm³/mol. The van der Waals surface area contributed by atoms with E-state index in [-0.39, 0.29) is 0 Å². The van der Waals surface area contributed by atoms with Crippen molar-refractivity contribution in [1.82, 2.24) is 10.2 Å². The smallest absolute Gasteiger partial charge is 0.203 e. The maximum Gasteiger partial charge on any atom is 0.203 e. The van der Waals surface area contributed by atoms with E-state index in [0.717, 1.165) is 0 Å². The van der Waals surface area contributed by atoms with Crippen molar-refractivity contribution >= 4 is 39.7 Å². The van der Waals surface area contributed by atoms with E-state index in [9.17, 15) is 0 Å². The lowest BCUT2D eigenvalue weighted by atomic mass is 10.8. The van der Waals surface area contributed by atoms with Crippen molar-refractivity contribution in [2.75, 3.05) is 5.73 Å². The van der Waals surface area contributed by atoms with Crippen molar-refractivity contribution in [1.29, 1.82) is 0 Å². The molecule has 0 spiro atoms. The second-order valence-electron chi connectivity index (χ2n) is 1.28. The van der Waals surface area contributed by atoms with Gasteiger partial charge in [0.15, 0.2) is 9.84 Å². The van der Waals surface area contributed by atoms with Gasteiger partial charge >= 0.3 is 0 Å². The Morgan fingerprint density at radius 1 is 1.44 bits per heavy atom. The van der Waals surface area contributed by atoms with Crippen LogP contribution in [0.3, 0.4) is 0 Å². The van der Waals surface area contributed by atoms with Crippen LogP contribution in [0, 0.1) is 0 Å². The highest BCUT2D eigenvalue weighted by Gasteiger charge is 2.07. The molecule has 9 heavy (non-hydrogen) atoms. The number of nitrogens with two attached hydrogens (primary N) is 1. The predicted octanol–water partition coefficient (Wildman–Crippen LogP) is 1.60. The fraction of sp³-hybridized carbons (Fsp3) is 0.333. The van der Waals surface area contributed by atoms with Crippen molar-refractivity contribution in [3.63, 3.8) is 0 Å². The van der Waals surface area contributed by atoms with Gasteiger partial charge in [0.2, 0.25) is 5.13 Å². The Bertz CT molecular complexity index is 199. The number of anilines is 1. The molecule has 2 N–H and O–H groups in total. The third-order valence-corrected chi connectivity index (χ3v) is 2.13. The van der Waals surface area contributed by atoms with E-state index in [2.05, 4.69) is 10.2 Å². The monoisotopic (exact) mass is 183 g/mol. The van der Waals surface area contributed by atoms with Crippen molar-refractivity contribution < 1.29 is 0 Å². The second kappa shape index (κ2) is 2.68. The third-order valence-electron chi connectivity index (χ3n) is 0.643. The number of halogens is 2. The quantitative estimate of drug-likeness (QED) is 0.674.